The highest BCUT2D eigenvalue weighted by molar-refractivity contribution is 5.94. The lowest BCUT2D eigenvalue weighted by atomic mass is 10.0. The van der Waals surface area contributed by atoms with Gasteiger partial charge in [-0.05, 0) is 36.1 Å². The van der Waals surface area contributed by atoms with Gasteiger partial charge in [-0.25, -0.2) is 9.97 Å². The Labute approximate surface area is 187 Å². The number of carbonyl (C=O) groups excluding carboxylic acids is 1. The lowest BCUT2D eigenvalue weighted by Crippen LogP contribution is -2.26. The molecule has 0 saturated heterocycles. The first-order valence-electron chi connectivity index (χ1n) is 10.7. The van der Waals surface area contributed by atoms with E-state index in [1.165, 1.54) is 0 Å². The minimum Gasteiger partial charge on any atom is -0.481 e. The topological polar surface area (TPSA) is 101 Å². The summed E-state index contributed by atoms with van der Waals surface area (Å²) in [6, 6.07) is 17.3. The van der Waals surface area contributed by atoms with E-state index in [9.17, 15) is 9.59 Å². The maximum Gasteiger partial charge on any atom is 0.316 e. The minimum absolute atomic E-state index is 0.0917. The first kappa shape index (κ1) is 22.9. The Bertz CT molecular complexity index is 1010. The maximum absolute atomic E-state index is 12.2. The zero-order chi connectivity index (χ0) is 22.8. The van der Waals surface area contributed by atoms with E-state index in [-0.39, 0.29) is 25.0 Å². The Morgan fingerprint density at radius 3 is 2.31 bits per heavy atom. The Hall–Kier alpha value is -3.74. The Morgan fingerprint density at radius 2 is 1.69 bits per heavy atom. The van der Waals surface area contributed by atoms with Gasteiger partial charge in [-0.1, -0.05) is 55.8 Å². The van der Waals surface area contributed by atoms with Gasteiger partial charge < -0.3 is 15.2 Å². The molecule has 1 heterocycles. The molecule has 0 aliphatic carbocycles. The number of rotatable bonds is 11. The van der Waals surface area contributed by atoms with Crippen LogP contribution in [0.3, 0.4) is 0 Å². The van der Waals surface area contributed by atoms with Crippen molar-refractivity contribution in [1.82, 2.24) is 15.3 Å². The van der Waals surface area contributed by atoms with Crippen molar-refractivity contribution in [2.45, 2.75) is 38.7 Å². The molecule has 0 unspecified atom stereocenters. The Kier molecular flexibility index (Phi) is 8.31. The summed E-state index contributed by atoms with van der Waals surface area (Å²) in [7, 11) is 0. The Balaban J connectivity index is 1.68. The van der Waals surface area contributed by atoms with Crippen LogP contribution in [0, 0.1) is 0 Å². The van der Waals surface area contributed by atoms with Gasteiger partial charge in [-0.3, -0.25) is 9.59 Å². The van der Waals surface area contributed by atoms with Crippen LogP contribution in [0.25, 0.3) is 11.1 Å². The molecule has 3 rings (SSSR count). The minimum atomic E-state index is -0.949. The third-order valence-corrected chi connectivity index (χ3v) is 4.97. The van der Waals surface area contributed by atoms with Crippen molar-refractivity contribution in [1.29, 1.82) is 0 Å². The van der Waals surface area contributed by atoms with Crippen LogP contribution in [-0.4, -0.2) is 33.5 Å². The number of carboxylic acids is 1. The van der Waals surface area contributed by atoms with Crippen LogP contribution in [0.15, 0.2) is 67.0 Å². The summed E-state index contributed by atoms with van der Waals surface area (Å²) in [5.74, 6) is -1.25. The van der Waals surface area contributed by atoms with Gasteiger partial charge >= 0.3 is 12.0 Å². The largest absolute Gasteiger partial charge is 0.481 e. The third-order valence-electron chi connectivity index (χ3n) is 4.97. The highest BCUT2D eigenvalue weighted by atomic mass is 16.5. The highest BCUT2D eigenvalue weighted by Crippen LogP contribution is 2.26. The summed E-state index contributed by atoms with van der Waals surface area (Å²) < 4.78 is 6.10. The summed E-state index contributed by atoms with van der Waals surface area (Å²) in [6.45, 7) is 2.21. The van der Waals surface area contributed by atoms with Crippen LogP contribution in [0.1, 0.15) is 54.6 Å². The molecular weight excluding hydrogens is 406 g/mol. The molecule has 2 N–H and O–H groups in total. The van der Waals surface area contributed by atoms with E-state index in [2.05, 4.69) is 22.2 Å². The van der Waals surface area contributed by atoms with Crippen LogP contribution in [0.4, 0.5) is 0 Å². The predicted molar refractivity (Wildman–Crippen MR) is 121 cm³/mol. The number of ether oxygens (including phenoxy) is 1. The summed E-state index contributed by atoms with van der Waals surface area (Å²) >= 11 is 0. The maximum atomic E-state index is 12.2. The van der Waals surface area contributed by atoms with Gasteiger partial charge in [0.05, 0.1) is 6.42 Å². The number of carbonyl (C=O) groups is 2. The van der Waals surface area contributed by atoms with E-state index >= 15 is 0 Å². The summed E-state index contributed by atoms with van der Waals surface area (Å²) in [6.07, 6.45) is 5.95. The number of aromatic nitrogens is 2. The number of amides is 1. The van der Waals surface area contributed by atoms with Gasteiger partial charge in [0.25, 0.3) is 5.91 Å². The lowest BCUT2D eigenvalue weighted by molar-refractivity contribution is -0.136. The van der Waals surface area contributed by atoms with Gasteiger partial charge in [0.1, 0.15) is 6.10 Å². The first-order valence-corrected chi connectivity index (χ1v) is 10.7. The standard InChI is InChI=1S/C25H27N3O4/c1-2-3-9-22(19-10-12-20(13-11-19)24(31)26-15-14-23(29)30)32-25-27-16-21(17-28-25)18-7-5-4-6-8-18/h4-8,10-13,16-17,22H,2-3,9,14-15H2,1H3,(H,26,31)(H,29,30)/t22-/m0/s1. The molecule has 166 valence electrons. The van der Waals surface area contributed by atoms with Crippen molar-refractivity contribution >= 4 is 11.9 Å². The van der Waals surface area contributed by atoms with Crippen molar-refractivity contribution in [3.8, 4) is 17.1 Å². The van der Waals surface area contributed by atoms with Crippen LogP contribution in [0.2, 0.25) is 0 Å². The number of nitrogens with zero attached hydrogens (tertiary/aromatic N) is 2. The zero-order valence-electron chi connectivity index (χ0n) is 18.0. The number of benzene rings is 2. The second kappa shape index (κ2) is 11.6. The van der Waals surface area contributed by atoms with Crippen molar-refractivity contribution in [2.24, 2.45) is 0 Å². The molecule has 1 amide bonds. The van der Waals surface area contributed by atoms with Crippen molar-refractivity contribution in [2.75, 3.05) is 6.54 Å². The normalized spacial score (nSPS) is 11.5. The average Bonchev–Trinajstić information content (AvgIpc) is 2.82. The summed E-state index contributed by atoms with van der Waals surface area (Å²) in [5, 5.41) is 11.3. The van der Waals surface area contributed by atoms with E-state index in [1.54, 1.807) is 24.5 Å². The smallest absolute Gasteiger partial charge is 0.316 e. The molecule has 0 aliphatic heterocycles. The van der Waals surface area contributed by atoms with Crippen LogP contribution >= 0.6 is 0 Å². The monoisotopic (exact) mass is 433 g/mol. The second-order valence-corrected chi connectivity index (χ2v) is 7.39. The lowest BCUT2D eigenvalue weighted by Gasteiger charge is -2.18. The number of nitrogens with one attached hydrogen (secondary N) is 1. The van der Waals surface area contributed by atoms with Crippen molar-refractivity contribution in [3.05, 3.63) is 78.1 Å². The highest BCUT2D eigenvalue weighted by Gasteiger charge is 2.16. The SMILES string of the molecule is CCCC[C@H](Oc1ncc(-c2ccccc2)cn1)c1ccc(C(=O)NCCC(=O)O)cc1. The summed E-state index contributed by atoms with van der Waals surface area (Å²) in [4.78, 5) is 31.5. The van der Waals surface area contributed by atoms with Crippen molar-refractivity contribution < 1.29 is 19.4 Å². The van der Waals surface area contributed by atoms with Gasteiger partial charge in [0, 0.05) is 30.1 Å². The second-order valence-electron chi connectivity index (χ2n) is 7.39. The van der Waals surface area contributed by atoms with E-state index in [0.717, 1.165) is 36.0 Å². The molecule has 0 spiro atoms. The molecular formula is C25H27N3O4. The Morgan fingerprint density at radius 1 is 1.00 bits per heavy atom. The number of unbranched alkanes of at least 4 members (excludes halogenated alkanes) is 1. The fourth-order valence-corrected chi connectivity index (χ4v) is 3.20. The van der Waals surface area contributed by atoms with E-state index < -0.39 is 5.97 Å². The molecule has 0 radical (unpaired) electrons. The van der Waals surface area contributed by atoms with Gasteiger partial charge in [0.2, 0.25) is 0 Å². The molecule has 7 nitrogen and oxygen atoms in total. The van der Waals surface area contributed by atoms with Crippen LogP contribution < -0.4 is 10.1 Å². The molecule has 0 aliphatic rings. The van der Waals surface area contributed by atoms with Gasteiger partial charge in [-0.2, -0.15) is 0 Å². The zero-order valence-corrected chi connectivity index (χ0v) is 18.0. The van der Waals surface area contributed by atoms with Crippen LogP contribution in [0.5, 0.6) is 6.01 Å². The molecule has 0 fully saturated rings. The van der Waals surface area contributed by atoms with Crippen molar-refractivity contribution in [3.63, 3.8) is 0 Å². The summed E-state index contributed by atoms with van der Waals surface area (Å²) in [5.41, 5.74) is 3.35. The average molecular weight is 434 g/mol. The number of hydrogen-bond donors (Lipinski definition) is 2. The molecule has 0 saturated carbocycles. The number of carboxylic acid groups (broad SMARTS) is 1. The number of aliphatic carboxylic acids is 1. The third kappa shape index (κ3) is 6.63. The fourth-order valence-electron chi connectivity index (χ4n) is 3.20. The molecule has 2 aromatic carbocycles. The van der Waals surface area contributed by atoms with E-state index in [4.69, 9.17) is 9.84 Å². The van der Waals surface area contributed by atoms with Gasteiger partial charge in [0.15, 0.2) is 0 Å². The molecule has 1 aromatic heterocycles. The first-order chi connectivity index (χ1) is 15.6. The van der Waals surface area contributed by atoms with E-state index in [0.29, 0.717) is 11.6 Å². The van der Waals surface area contributed by atoms with Crippen LogP contribution in [-0.2, 0) is 4.79 Å². The molecule has 32 heavy (non-hydrogen) atoms. The number of hydrogen-bond acceptors (Lipinski definition) is 5. The molecule has 3 aromatic rings. The predicted octanol–water partition coefficient (Wildman–Crippen LogP) is 4.66. The molecule has 0 bridgehead atoms. The quantitative estimate of drug-likeness (QED) is 0.456. The molecule has 1 atom stereocenters. The van der Waals surface area contributed by atoms with E-state index in [1.807, 2.05) is 42.5 Å². The van der Waals surface area contributed by atoms with Gasteiger partial charge in [-0.15, -0.1) is 0 Å². The fraction of sp³-hybridized carbons (Fsp3) is 0.280. The molecule has 7 heteroatoms.